The van der Waals surface area contributed by atoms with Crippen molar-refractivity contribution in [1.29, 1.82) is 0 Å². The molecule has 0 bridgehead atoms. The predicted molar refractivity (Wildman–Crippen MR) is 82.5 cm³/mol. The maximum absolute atomic E-state index is 11.5. The van der Waals surface area contributed by atoms with Crippen LogP contribution in [0.2, 0.25) is 0 Å². The van der Waals surface area contributed by atoms with Crippen LogP contribution in [-0.2, 0) is 4.79 Å². The number of ketones is 1. The molecule has 2 N–H and O–H groups in total. The van der Waals surface area contributed by atoms with Gasteiger partial charge in [-0.05, 0) is 31.6 Å². The van der Waals surface area contributed by atoms with Crippen molar-refractivity contribution in [1.82, 2.24) is 0 Å². The Bertz CT molecular complexity index is 406. The van der Waals surface area contributed by atoms with Gasteiger partial charge in [0.15, 0.2) is 0 Å². The highest BCUT2D eigenvalue weighted by atomic mass is 16.3. The molecule has 0 spiro atoms. The molecule has 2 aliphatic carbocycles. The van der Waals surface area contributed by atoms with Crippen molar-refractivity contribution in [2.24, 2.45) is 17.8 Å². The average molecular weight is 292 g/mol. The topological polar surface area (TPSA) is 57.5 Å². The van der Waals surface area contributed by atoms with Gasteiger partial charge in [0.25, 0.3) is 0 Å². The third kappa shape index (κ3) is 4.31. The van der Waals surface area contributed by atoms with E-state index >= 15 is 0 Å². The molecule has 2 saturated carbocycles. The molecule has 3 nitrogen and oxygen atoms in total. The fraction of sp³-hybridized carbons (Fsp3) is 0.833. The van der Waals surface area contributed by atoms with Gasteiger partial charge in [-0.2, -0.15) is 0 Å². The van der Waals surface area contributed by atoms with Crippen molar-refractivity contribution in [3.8, 4) is 11.8 Å². The summed E-state index contributed by atoms with van der Waals surface area (Å²) >= 11 is 0. The van der Waals surface area contributed by atoms with Crippen LogP contribution in [0.25, 0.3) is 0 Å². The second-order valence-electron chi connectivity index (χ2n) is 6.62. The molecule has 0 aliphatic heterocycles. The minimum absolute atomic E-state index is 0.115. The number of Topliss-reactive ketones (excluding diaryl/α,β-unsaturated/α-hetero) is 1. The molecule has 2 aliphatic rings. The normalized spacial score (nSPS) is 32.6. The zero-order valence-electron chi connectivity index (χ0n) is 13.1. The summed E-state index contributed by atoms with van der Waals surface area (Å²) in [6.07, 6.45) is 7.60. The number of aliphatic hydroxyl groups excluding tert-OH is 2. The number of unbranched alkanes of at least 4 members (excludes halogenated alkanes) is 4. The second-order valence-corrected chi connectivity index (χ2v) is 6.62. The van der Waals surface area contributed by atoms with Crippen LogP contribution < -0.4 is 0 Å². The number of fused-ring (bicyclic) bond motifs is 1. The van der Waals surface area contributed by atoms with Gasteiger partial charge in [0.05, 0.1) is 12.0 Å². The van der Waals surface area contributed by atoms with Crippen LogP contribution in [0.1, 0.15) is 64.7 Å². The van der Waals surface area contributed by atoms with Gasteiger partial charge in [-0.25, -0.2) is 0 Å². The molecular weight excluding hydrogens is 264 g/mol. The maximum atomic E-state index is 11.5. The molecule has 0 saturated heterocycles. The summed E-state index contributed by atoms with van der Waals surface area (Å²) < 4.78 is 0. The van der Waals surface area contributed by atoms with Gasteiger partial charge in [-0.15, -0.1) is 0 Å². The van der Waals surface area contributed by atoms with Crippen molar-refractivity contribution in [3.63, 3.8) is 0 Å². The van der Waals surface area contributed by atoms with Gasteiger partial charge >= 0.3 is 0 Å². The Morgan fingerprint density at radius 3 is 2.71 bits per heavy atom. The van der Waals surface area contributed by atoms with Crippen LogP contribution in [0.15, 0.2) is 0 Å². The molecule has 0 heterocycles. The van der Waals surface area contributed by atoms with Gasteiger partial charge in [0.2, 0.25) is 0 Å². The molecule has 0 unspecified atom stereocenters. The summed E-state index contributed by atoms with van der Waals surface area (Å²) in [4.78, 5) is 11.5. The van der Waals surface area contributed by atoms with Crippen molar-refractivity contribution in [3.05, 3.63) is 0 Å². The van der Waals surface area contributed by atoms with E-state index in [1.165, 1.54) is 19.3 Å². The molecule has 0 amide bonds. The lowest BCUT2D eigenvalue weighted by molar-refractivity contribution is -0.141. The first-order valence-electron chi connectivity index (χ1n) is 8.53. The Hall–Kier alpha value is -0.850. The molecule has 21 heavy (non-hydrogen) atoms. The number of carbonyl (C=O) groups is 1. The van der Waals surface area contributed by atoms with E-state index in [9.17, 15) is 15.0 Å². The zero-order chi connectivity index (χ0) is 15.2. The highest BCUT2D eigenvalue weighted by Gasteiger charge is 2.48. The summed E-state index contributed by atoms with van der Waals surface area (Å²) in [6.45, 7) is 2.19. The molecule has 2 rings (SSSR count). The van der Waals surface area contributed by atoms with Crippen LogP contribution >= 0.6 is 0 Å². The number of carbonyl (C=O) groups excluding carboxylic acids is 1. The third-order valence-electron chi connectivity index (χ3n) is 5.01. The van der Waals surface area contributed by atoms with E-state index < -0.39 is 12.2 Å². The monoisotopic (exact) mass is 292 g/mol. The first-order valence-corrected chi connectivity index (χ1v) is 8.53. The second kappa shape index (κ2) is 7.96. The predicted octanol–water partition coefficient (Wildman–Crippen LogP) is 2.69. The lowest BCUT2D eigenvalue weighted by Crippen LogP contribution is -2.49. The molecule has 2 fully saturated rings. The van der Waals surface area contributed by atoms with Gasteiger partial charge < -0.3 is 10.2 Å². The van der Waals surface area contributed by atoms with Crippen molar-refractivity contribution >= 4 is 5.78 Å². The number of aliphatic hydroxyl groups is 2. The largest absolute Gasteiger partial charge is 0.392 e. The van der Waals surface area contributed by atoms with Gasteiger partial charge in [0.1, 0.15) is 11.9 Å². The molecule has 0 aromatic heterocycles. The lowest BCUT2D eigenvalue weighted by atomic mass is 9.59. The SMILES string of the molecule is CCCCCCC[C@H](O)C#C[C@@H]1[C@H]2CC(=O)[C@H]2CC[C@H]1O. The minimum Gasteiger partial charge on any atom is -0.392 e. The summed E-state index contributed by atoms with van der Waals surface area (Å²) in [5.74, 6) is 6.55. The molecule has 0 radical (unpaired) electrons. The quantitative estimate of drug-likeness (QED) is 0.584. The summed E-state index contributed by atoms with van der Waals surface area (Å²) in [5.41, 5.74) is 0. The van der Waals surface area contributed by atoms with E-state index in [0.717, 1.165) is 19.3 Å². The van der Waals surface area contributed by atoms with Crippen LogP contribution in [0.4, 0.5) is 0 Å². The van der Waals surface area contributed by atoms with Crippen molar-refractivity contribution in [2.75, 3.05) is 0 Å². The Balaban J connectivity index is 1.76. The van der Waals surface area contributed by atoms with Crippen LogP contribution in [0.5, 0.6) is 0 Å². The molecule has 3 heteroatoms. The Morgan fingerprint density at radius 1 is 1.24 bits per heavy atom. The lowest BCUT2D eigenvalue weighted by Gasteiger charge is -2.44. The van der Waals surface area contributed by atoms with E-state index in [2.05, 4.69) is 18.8 Å². The number of hydrogen-bond acceptors (Lipinski definition) is 3. The van der Waals surface area contributed by atoms with E-state index in [4.69, 9.17) is 0 Å². The van der Waals surface area contributed by atoms with Crippen molar-refractivity contribution < 1.29 is 15.0 Å². The molecule has 0 aromatic rings. The Morgan fingerprint density at radius 2 is 2.00 bits per heavy atom. The number of hydrogen-bond donors (Lipinski definition) is 2. The average Bonchev–Trinajstić information content (AvgIpc) is 2.45. The Labute approximate surface area is 128 Å². The van der Waals surface area contributed by atoms with E-state index in [1.807, 2.05) is 0 Å². The van der Waals surface area contributed by atoms with Crippen LogP contribution in [0, 0.1) is 29.6 Å². The summed E-state index contributed by atoms with van der Waals surface area (Å²) in [6, 6.07) is 0. The standard InChI is InChI=1S/C18H28O3/c1-2-3-4-5-6-7-13(19)8-9-14-16-12-18(21)15(16)10-11-17(14)20/h13-17,19-20H,2-7,10-12H2,1H3/t13-,14+,15-,16+,17+/m0/s1. The van der Waals surface area contributed by atoms with Gasteiger partial charge in [-0.3, -0.25) is 4.79 Å². The summed E-state index contributed by atoms with van der Waals surface area (Å²) in [7, 11) is 0. The van der Waals surface area contributed by atoms with E-state index in [1.54, 1.807) is 0 Å². The smallest absolute Gasteiger partial charge is 0.136 e. The van der Waals surface area contributed by atoms with Crippen molar-refractivity contribution in [2.45, 2.75) is 76.9 Å². The number of rotatable bonds is 6. The fourth-order valence-electron chi connectivity index (χ4n) is 3.58. The highest BCUT2D eigenvalue weighted by Crippen LogP contribution is 2.45. The third-order valence-corrected chi connectivity index (χ3v) is 5.01. The summed E-state index contributed by atoms with van der Waals surface area (Å²) in [5, 5.41) is 20.0. The first-order chi connectivity index (χ1) is 10.1. The zero-order valence-corrected chi connectivity index (χ0v) is 13.1. The van der Waals surface area contributed by atoms with E-state index in [0.29, 0.717) is 25.0 Å². The highest BCUT2D eigenvalue weighted by molar-refractivity contribution is 5.87. The van der Waals surface area contributed by atoms with E-state index in [-0.39, 0.29) is 17.8 Å². The maximum Gasteiger partial charge on any atom is 0.136 e. The van der Waals surface area contributed by atoms with Crippen LogP contribution in [-0.4, -0.2) is 28.2 Å². The molecule has 118 valence electrons. The fourth-order valence-corrected chi connectivity index (χ4v) is 3.58. The molecular formula is C18H28O3. The van der Waals surface area contributed by atoms with Gasteiger partial charge in [0, 0.05) is 12.3 Å². The van der Waals surface area contributed by atoms with Crippen LogP contribution in [0.3, 0.4) is 0 Å². The van der Waals surface area contributed by atoms with Gasteiger partial charge in [-0.1, -0.05) is 44.4 Å². The molecule has 0 aromatic carbocycles. The Kier molecular flexibility index (Phi) is 6.26. The first kappa shape index (κ1) is 16.5. The molecule has 5 atom stereocenters. The minimum atomic E-state index is -0.588.